The first-order valence-electron chi connectivity index (χ1n) is 5.48. The van der Waals surface area contributed by atoms with Crippen LogP contribution in [0.4, 0.5) is 10.5 Å². The number of carboxylic acids is 1. The van der Waals surface area contributed by atoms with Gasteiger partial charge in [-0.05, 0) is 41.4 Å². The molecule has 1 aromatic carbocycles. The summed E-state index contributed by atoms with van der Waals surface area (Å²) >= 11 is 3.38. The van der Waals surface area contributed by atoms with Crippen molar-refractivity contribution in [3.63, 3.8) is 0 Å². The highest BCUT2D eigenvalue weighted by molar-refractivity contribution is 9.10. The molecule has 0 aliphatic heterocycles. The van der Waals surface area contributed by atoms with Crippen molar-refractivity contribution in [1.82, 2.24) is 4.90 Å². The van der Waals surface area contributed by atoms with Crippen molar-refractivity contribution < 1.29 is 14.7 Å². The molecule has 1 aromatic rings. The van der Waals surface area contributed by atoms with Crippen LogP contribution in [0.25, 0.3) is 0 Å². The quantitative estimate of drug-likeness (QED) is 0.897. The van der Waals surface area contributed by atoms with Gasteiger partial charge in [0, 0.05) is 11.0 Å². The predicted octanol–water partition coefficient (Wildman–Crippen LogP) is 2.70. The van der Waals surface area contributed by atoms with Crippen molar-refractivity contribution in [2.24, 2.45) is 0 Å². The molecule has 0 bridgehead atoms. The molecule has 0 atom stereocenters. The van der Waals surface area contributed by atoms with Gasteiger partial charge in [0.05, 0.1) is 5.69 Å². The van der Waals surface area contributed by atoms with Crippen molar-refractivity contribution in [3.8, 4) is 0 Å². The number of aryl methyl sites for hydroxylation is 1. The number of aliphatic carboxylic acids is 1. The molecule has 1 rings (SSSR count). The number of likely N-dealkylation sites (N-methyl/N-ethyl adjacent to an activating group) is 1. The third kappa shape index (κ3) is 3.73. The maximum atomic E-state index is 11.9. The van der Waals surface area contributed by atoms with E-state index >= 15 is 0 Å². The number of nitrogens with one attached hydrogen (secondary N) is 1. The van der Waals surface area contributed by atoms with Gasteiger partial charge in [0.1, 0.15) is 6.54 Å². The third-order valence-corrected chi connectivity index (χ3v) is 3.48. The third-order valence-electron chi connectivity index (χ3n) is 2.43. The van der Waals surface area contributed by atoms with E-state index in [9.17, 15) is 9.59 Å². The Bertz CT molecular complexity index is 463. The summed E-state index contributed by atoms with van der Waals surface area (Å²) in [6.07, 6.45) is 0. The minimum Gasteiger partial charge on any atom is -0.480 e. The van der Waals surface area contributed by atoms with Crippen molar-refractivity contribution in [3.05, 3.63) is 28.2 Å². The summed E-state index contributed by atoms with van der Waals surface area (Å²) in [7, 11) is 0. The zero-order valence-electron chi connectivity index (χ0n) is 10.2. The number of carbonyl (C=O) groups is 2. The molecule has 0 radical (unpaired) electrons. The Labute approximate surface area is 114 Å². The second-order valence-corrected chi connectivity index (χ2v) is 4.57. The van der Waals surface area contributed by atoms with E-state index in [2.05, 4.69) is 21.2 Å². The number of carboxylic acid groups (broad SMARTS) is 1. The number of hydrogen-bond acceptors (Lipinski definition) is 2. The van der Waals surface area contributed by atoms with Crippen molar-refractivity contribution in [2.45, 2.75) is 13.8 Å². The van der Waals surface area contributed by atoms with Gasteiger partial charge >= 0.3 is 12.0 Å². The van der Waals surface area contributed by atoms with Gasteiger partial charge in [-0.2, -0.15) is 0 Å². The summed E-state index contributed by atoms with van der Waals surface area (Å²) in [5.74, 6) is -1.03. The lowest BCUT2D eigenvalue weighted by atomic mass is 10.2. The van der Waals surface area contributed by atoms with Crippen molar-refractivity contribution in [2.75, 3.05) is 18.4 Å². The molecule has 18 heavy (non-hydrogen) atoms. The first-order valence-corrected chi connectivity index (χ1v) is 6.27. The normalized spacial score (nSPS) is 9.94. The van der Waals surface area contributed by atoms with Gasteiger partial charge in [-0.15, -0.1) is 0 Å². The molecule has 6 heteroatoms. The number of amides is 2. The molecule has 0 spiro atoms. The first kappa shape index (κ1) is 14.5. The van der Waals surface area contributed by atoms with Crippen LogP contribution in [0, 0.1) is 6.92 Å². The van der Waals surface area contributed by atoms with E-state index in [1.165, 1.54) is 4.90 Å². The van der Waals surface area contributed by atoms with Crippen LogP contribution < -0.4 is 5.32 Å². The Morgan fingerprint density at radius 1 is 1.44 bits per heavy atom. The van der Waals surface area contributed by atoms with E-state index < -0.39 is 12.0 Å². The van der Waals surface area contributed by atoms with Gasteiger partial charge < -0.3 is 15.3 Å². The molecule has 5 nitrogen and oxygen atoms in total. The molecule has 98 valence electrons. The minimum atomic E-state index is -1.03. The summed E-state index contributed by atoms with van der Waals surface area (Å²) in [6.45, 7) is 3.66. The standard InChI is InChI=1S/C12H15BrN2O3/c1-3-15(7-10(16)17)12(18)14-9-6-4-5-8(2)11(9)13/h4-6H,3,7H2,1-2H3,(H,14,18)(H,16,17). The average molecular weight is 315 g/mol. The van der Waals surface area contributed by atoms with Gasteiger partial charge in [0.2, 0.25) is 0 Å². The molecule has 0 aliphatic carbocycles. The molecule has 2 amide bonds. The van der Waals surface area contributed by atoms with E-state index in [1.807, 2.05) is 19.1 Å². The molecule has 0 aliphatic rings. The number of urea groups is 1. The molecule has 0 fully saturated rings. The van der Waals surface area contributed by atoms with Crippen LogP contribution in [0.15, 0.2) is 22.7 Å². The Balaban J connectivity index is 2.80. The lowest BCUT2D eigenvalue weighted by Crippen LogP contribution is -2.38. The largest absolute Gasteiger partial charge is 0.480 e. The van der Waals surface area contributed by atoms with Crippen LogP contribution in [-0.4, -0.2) is 35.1 Å². The van der Waals surface area contributed by atoms with Gasteiger partial charge in [-0.25, -0.2) is 4.79 Å². The molecule has 0 heterocycles. The Hall–Kier alpha value is -1.56. The Morgan fingerprint density at radius 3 is 2.67 bits per heavy atom. The SMILES string of the molecule is CCN(CC(=O)O)C(=O)Nc1cccc(C)c1Br. The van der Waals surface area contributed by atoms with E-state index in [4.69, 9.17) is 5.11 Å². The van der Waals surface area contributed by atoms with Gasteiger partial charge in [-0.3, -0.25) is 4.79 Å². The molecule has 0 unspecified atom stereocenters. The fourth-order valence-corrected chi connectivity index (χ4v) is 1.79. The second-order valence-electron chi connectivity index (χ2n) is 3.77. The number of halogens is 1. The smallest absolute Gasteiger partial charge is 0.323 e. The summed E-state index contributed by atoms with van der Waals surface area (Å²) < 4.78 is 0.796. The number of rotatable bonds is 4. The van der Waals surface area contributed by atoms with Gasteiger partial charge in [0.25, 0.3) is 0 Å². The number of hydrogen-bond donors (Lipinski definition) is 2. The lowest BCUT2D eigenvalue weighted by Gasteiger charge is -2.19. The summed E-state index contributed by atoms with van der Waals surface area (Å²) in [4.78, 5) is 23.7. The zero-order valence-corrected chi connectivity index (χ0v) is 11.8. The molecule has 2 N–H and O–H groups in total. The summed E-state index contributed by atoms with van der Waals surface area (Å²) in [6, 6.07) is 5.06. The van der Waals surface area contributed by atoms with Gasteiger partial charge in [0.15, 0.2) is 0 Å². The summed E-state index contributed by atoms with van der Waals surface area (Å²) in [5.41, 5.74) is 1.62. The topological polar surface area (TPSA) is 69.6 Å². The number of carbonyl (C=O) groups excluding carboxylic acids is 1. The van der Waals surface area contributed by atoms with E-state index in [0.717, 1.165) is 10.0 Å². The van der Waals surface area contributed by atoms with Crippen LogP contribution in [0.1, 0.15) is 12.5 Å². The number of nitrogens with zero attached hydrogens (tertiary/aromatic N) is 1. The second kappa shape index (κ2) is 6.39. The van der Waals surface area contributed by atoms with Gasteiger partial charge in [-0.1, -0.05) is 12.1 Å². The number of benzene rings is 1. The van der Waals surface area contributed by atoms with Crippen molar-refractivity contribution in [1.29, 1.82) is 0 Å². The molecule has 0 aromatic heterocycles. The van der Waals surface area contributed by atoms with Crippen LogP contribution in [-0.2, 0) is 4.79 Å². The van der Waals surface area contributed by atoms with Crippen LogP contribution in [0.2, 0.25) is 0 Å². The number of anilines is 1. The highest BCUT2D eigenvalue weighted by Crippen LogP contribution is 2.25. The fraction of sp³-hybridized carbons (Fsp3) is 0.333. The maximum absolute atomic E-state index is 11.9. The highest BCUT2D eigenvalue weighted by Gasteiger charge is 2.16. The predicted molar refractivity (Wildman–Crippen MR) is 72.8 cm³/mol. The molecule has 0 saturated heterocycles. The van der Waals surface area contributed by atoms with E-state index in [0.29, 0.717) is 12.2 Å². The minimum absolute atomic E-state index is 0.314. The van der Waals surface area contributed by atoms with Crippen LogP contribution >= 0.6 is 15.9 Å². The molecule has 0 saturated carbocycles. The summed E-state index contributed by atoms with van der Waals surface area (Å²) in [5, 5.41) is 11.4. The highest BCUT2D eigenvalue weighted by atomic mass is 79.9. The lowest BCUT2D eigenvalue weighted by molar-refractivity contribution is -0.137. The van der Waals surface area contributed by atoms with Crippen molar-refractivity contribution >= 4 is 33.6 Å². The van der Waals surface area contributed by atoms with Crippen LogP contribution in [0.3, 0.4) is 0 Å². The van der Waals surface area contributed by atoms with E-state index in [1.54, 1.807) is 13.0 Å². The fourth-order valence-electron chi connectivity index (χ4n) is 1.43. The monoisotopic (exact) mass is 314 g/mol. The molecular formula is C12H15BrN2O3. The molecular weight excluding hydrogens is 300 g/mol. The maximum Gasteiger partial charge on any atom is 0.323 e. The van der Waals surface area contributed by atoms with E-state index in [-0.39, 0.29) is 6.54 Å². The van der Waals surface area contributed by atoms with Crippen LogP contribution in [0.5, 0.6) is 0 Å². The zero-order chi connectivity index (χ0) is 13.7. The Morgan fingerprint density at radius 2 is 2.11 bits per heavy atom. The Kier molecular flexibility index (Phi) is 5.15. The average Bonchev–Trinajstić information content (AvgIpc) is 2.31. The first-order chi connectivity index (χ1) is 8.45.